The predicted octanol–water partition coefficient (Wildman–Crippen LogP) is 2.72. The average molecular weight is 240 g/mol. The second-order valence-electron chi connectivity index (χ2n) is 3.23. The van der Waals surface area contributed by atoms with E-state index in [0.29, 0.717) is 11.3 Å². The molecule has 0 saturated carbocycles. The van der Waals surface area contributed by atoms with Crippen molar-refractivity contribution in [3.8, 4) is 5.75 Å². The third-order valence-electron chi connectivity index (χ3n) is 1.98. The van der Waals surface area contributed by atoms with E-state index in [0.717, 1.165) is 6.08 Å². The van der Waals surface area contributed by atoms with Crippen molar-refractivity contribution in [3.05, 3.63) is 41.7 Å². The van der Waals surface area contributed by atoms with Crippen molar-refractivity contribution in [1.29, 1.82) is 0 Å². The first kappa shape index (κ1) is 13.2. The lowest BCUT2D eigenvalue weighted by molar-refractivity contribution is 0.104. The second kappa shape index (κ2) is 6.03. The van der Waals surface area contributed by atoms with E-state index in [4.69, 9.17) is 4.74 Å². The summed E-state index contributed by atoms with van der Waals surface area (Å²) in [6.45, 7) is 1.30. The summed E-state index contributed by atoms with van der Waals surface area (Å²) in [5.74, 6) is 0.0951. The number of allylic oxidation sites excluding steroid dienone is 2. The number of ether oxygens (including phenoxy) is 1. The summed E-state index contributed by atoms with van der Waals surface area (Å²) >= 11 is 0. The van der Waals surface area contributed by atoms with Crippen molar-refractivity contribution in [2.75, 3.05) is 7.11 Å². The number of hydrogen-bond donors (Lipinski definition) is 0. The molecule has 1 aromatic carbocycles. The average Bonchev–Trinajstić information content (AvgIpc) is 2.28. The summed E-state index contributed by atoms with van der Waals surface area (Å²) in [5, 5.41) is 0. The number of ketones is 1. The van der Waals surface area contributed by atoms with Crippen molar-refractivity contribution in [2.24, 2.45) is 0 Å². The Hall–Kier alpha value is -1.85. The van der Waals surface area contributed by atoms with Crippen LogP contribution >= 0.6 is 0 Å². The van der Waals surface area contributed by atoms with Crippen LogP contribution < -0.4 is 4.74 Å². The summed E-state index contributed by atoms with van der Waals surface area (Å²) in [4.78, 5) is 11.6. The quantitative estimate of drug-likeness (QED) is 0.343. The summed E-state index contributed by atoms with van der Waals surface area (Å²) in [7, 11) is -1.41. The van der Waals surface area contributed by atoms with Crippen LogP contribution in [0.5, 0.6) is 5.75 Å². The highest BCUT2D eigenvalue weighted by molar-refractivity contribution is 6.34. The molecule has 0 fully saturated rings. The van der Waals surface area contributed by atoms with Crippen molar-refractivity contribution < 1.29 is 22.8 Å². The number of rotatable bonds is 5. The van der Waals surface area contributed by atoms with E-state index in [2.05, 4.69) is 4.65 Å². The molecule has 0 unspecified atom stereocenters. The smallest absolute Gasteiger partial charge is 0.509 e. The highest BCUT2D eigenvalue weighted by Crippen LogP contribution is 2.13. The predicted molar refractivity (Wildman–Crippen MR) is 60.1 cm³/mol. The third-order valence-corrected chi connectivity index (χ3v) is 1.98. The molecular weight excluding hydrogens is 229 g/mol. The summed E-state index contributed by atoms with van der Waals surface area (Å²) in [5.41, 5.74) is 0.378. The van der Waals surface area contributed by atoms with Gasteiger partial charge in [-0.1, -0.05) is 0 Å². The molecular formula is C11H11BF2O3. The molecule has 90 valence electrons. The van der Waals surface area contributed by atoms with Crippen LogP contribution in [-0.2, 0) is 4.65 Å². The molecule has 0 spiro atoms. The molecule has 0 N–H and O–H groups in total. The number of benzene rings is 1. The fraction of sp³-hybridized carbons (Fsp3) is 0.182. The molecule has 0 aliphatic rings. The first-order chi connectivity index (χ1) is 8.02. The van der Waals surface area contributed by atoms with Crippen molar-refractivity contribution in [1.82, 2.24) is 0 Å². The van der Waals surface area contributed by atoms with Gasteiger partial charge in [0.1, 0.15) is 5.75 Å². The number of carbonyl (C=O) groups is 1. The summed E-state index contributed by atoms with van der Waals surface area (Å²) in [6.07, 6.45) is 1.02. The highest BCUT2D eigenvalue weighted by atomic mass is 19.2. The minimum absolute atomic E-state index is 0.124. The van der Waals surface area contributed by atoms with E-state index in [1.807, 2.05) is 0 Å². The zero-order valence-electron chi connectivity index (χ0n) is 9.44. The monoisotopic (exact) mass is 240 g/mol. The Bertz CT molecular complexity index is 415. The lowest BCUT2D eigenvalue weighted by Gasteiger charge is -2.03. The molecule has 6 heteroatoms. The van der Waals surface area contributed by atoms with Crippen LogP contribution in [0, 0.1) is 0 Å². The van der Waals surface area contributed by atoms with Crippen molar-refractivity contribution >= 4 is 13.3 Å². The van der Waals surface area contributed by atoms with E-state index in [1.54, 1.807) is 24.3 Å². The third kappa shape index (κ3) is 4.26. The van der Waals surface area contributed by atoms with Gasteiger partial charge in [-0.05, 0) is 31.2 Å². The lowest BCUT2D eigenvalue weighted by atomic mass is 10.1. The Morgan fingerprint density at radius 2 is 1.88 bits per heavy atom. The van der Waals surface area contributed by atoms with Gasteiger partial charge in [0.25, 0.3) is 0 Å². The van der Waals surface area contributed by atoms with E-state index in [9.17, 15) is 13.4 Å². The van der Waals surface area contributed by atoms with E-state index >= 15 is 0 Å². The van der Waals surface area contributed by atoms with Gasteiger partial charge in [-0.2, -0.15) is 0 Å². The number of carbonyl (C=O) groups excluding carboxylic acids is 1. The van der Waals surface area contributed by atoms with Crippen molar-refractivity contribution in [3.63, 3.8) is 0 Å². The maximum Gasteiger partial charge on any atom is 0.796 e. The van der Waals surface area contributed by atoms with Gasteiger partial charge in [0.15, 0.2) is 5.78 Å². The van der Waals surface area contributed by atoms with E-state index in [-0.39, 0.29) is 5.76 Å². The van der Waals surface area contributed by atoms with Gasteiger partial charge in [0, 0.05) is 11.6 Å². The second-order valence-corrected chi connectivity index (χ2v) is 3.23. The van der Waals surface area contributed by atoms with Gasteiger partial charge < -0.3 is 9.39 Å². The minimum atomic E-state index is -2.92. The van der Waals surface area contributed by atoms with Gasteiger partial charge in [0.05, 0.1) is 12.9 Å². The largest absolute Gasteiger partial charge is 0.796 e. The molecule has 17 heavy (non-hydrogen) atoms. The molecule has 0 atom stereocenters. The standard InChI is InChI=1S/C11H11BF2O3/c1-8(17-12(13)14)7-11(15)9-3-5-10(16-2)6-4-9/h3-7H,1-2H3/b8-7-. The molecule has 0 heterocycles. The Morgan fingerprint density at radius 1 is 1.29 bits per heavy atom. The topological polar surface area (TPSA) is 35.5 Å². The van der Waals surface area contributed by atoms with E-state index < -0.39 is 13.3 Å². The van der Waals surface area contributed by atoms with Crippen LogP contribution in [0.4, 0.5) is 8.63 Å². The SMILES string of the molecule is COc1ccc(C(=O)/C=C(/C)OB(F)F)cc1. The lowest BCUT2D eigenvalue weighted by Crippen LogP contribution is -2.04. The van der Waals surface area contributed by atoms with Crippen molar-refractivity contribution in [2.45, 2.75) is 6.92 Å². The molecule has 1 aromatic rings. The summed E-state index contributed by atoms with van der Waals surface area (Å²) in [6, 6.07) is 6.33. The Morgan fingerprint density at radius 3 is 2.35 bits per heavy atom. The maximum atomic E-state index is 11.8. The van der Waals surface area contributed by atoms with Crippen LogP contribution in [0.15, 0.2) is 36.1 Å². The van der Waals surface area contributed by atoms with Gasteiger partial charge in [-0.15, -0.1) is 0 Å². The van der Waals surface area contributed by atoms with E-state index in [1.165, 1.54) is 14.0 Å². The highest BCUT2D eigenvalue weighted by Gasteiger charge is 2.17. The summed E-state index contributed by atoms with van der Waals surface area (Å²) < 4.78 is 32.7. The zero-order valence-corrected chi connectivity index (χ0v) is 9.44. The van der Waals surface area contributed by atoms with Crippen LogP contribution in [-0.4, -0.2) is 20.4 Å². The molecule has 0 radical (unpaired) electrons. The van der Waals surface area contributed by atoms with Gasteiger partial charge in [-0.25, -0.2) is 8.63 Å². The number of hydrogen-bond acceptors (Lipinski definition) is 3. The molecule has 3 nitrogen and oxygen atoms in total. The van der Waals surface area contributed by atoms with Crippen LogP contribution in [0.3, 0.4) is 0 Å². The Balaban J connectivity index is 2.75. The Labute approximate surface area is 98.2 Å². The molecule has 0 aliphatic carbocycles. The zero-order chi connectivity index (χ0) is 12.8. The normalized spacial score (nSPS) is 10.9. The van der Waals surface area contributed by atoms with Crippen LogP contribution in [0.1, 0.15) is 17.3 Å². The van der Waals surface area contributed by atoms with Gasteiger partial charge in [-0.3, -0.25) is 4.79 Å². The fourth-order valence-electron chi connectivity index (χ4n) is 1.20. The molecule has 0 bridgehead atoms. The first-order valence-corrected chi connectivity index (χ1v) is 4.84. The Kier molecular flexibility index (Phi) is 4.69. The molecule has 0 saturated heterocycles. The maximum absolute atomic E-state index is 11.8. The van der Waals surface area contributed by atoms with Crippen LogP contribution in [0.25, 0.3) is 0 Å². The molecule has 0 aliphatic heterocycles. The molecule has 0 amide bonds. The first-order valence-electron chi connectivity index (χ1n) is 4.84. The molecule has 0 aromatic heterocycles. The van der Waals surface area contributed by atoms with Gasteiger partial charge >= 0.3 is 7.47 Å². The van der Waals surface area contributed by atoms with Crippen LogP contribution in [0.2, 0.25) is 0 Å². The fourth-order valence-corrected chi connectivity index (χ4v) is 1.20. The van der Waals surface area contributed by atoms with Gasteiger partial charge in [0.2, 0.25) is 0 Å². The number of methoxy groups -OCH3 is 1. The number of halogens is 2. The minimum Gasteiger partial charge on any atom is -0.509 e. The molecule has 1 rings (SSSR count).